The summed E-state index contributed by atoms with van der Waals surface area (Å²) in [7, 11) is 0. The molecule has 0 fully saturated rings. The molecule has 0 heterocycles. The van der Waals surface area contributed by atoms with Crippen LogP contribution in [-0.2, 0) is 0 Å². The van der Waals surface area contributed by atoms with E-state index in [4.69, 9.17) is 5.73 Å². The minimum absolute atomic E-state index is 0.688. The Morgan fingerprint density at radius 2 is 2.33 bits per heavy atom. The lowest BCUT2D eigenvalue weighted by Crippen LogP contribution is -2.02. The lowest BCUT2D eigenvalue weighted by molar-refractivity contribution is 0.551. The third-order valence-electron chi connectivity index (χ3n) is 1.64. The van der Waals surface area contributed by atoms with E-state index in [1.807, 2.05) is 6.08 Å². The molecular weight excluding hydrogens is 110 g/mol. The summed E-state index contributed by atoms with van der Waals surface area (Å²) in [6.07, 6.45) is 5.56. The zero-order valence-corrected chi connectivity index (χ0v) is 6.27. The van der Waals surface area contributed by atoms with Gasteiger partial charge >= 0.3 is 0 Å². The Hall–Kier alpha value is -0.300. The Balaban J connectivity index is 3.20. The smallest absolute Gasteiger partial charge is 0.00771 e. The van der Waals surface area contributed by atoms with Crippen LogP contribution in [0, 0.1) is 5.92 Å². The Labute approximate surface area is 57.9 Å². The first-order valence-electron chi connectivity index (χ1n) is 3.67. The van der Waals surface area contributed by atoms with Crippen molar-refractivity contribution in [3.8, 4) is 0 Å². The van der Waals surface area contributed by atoms with Crippen molar-refractivity contribution in [2.75, 3.05) is 6.54 Å². The fraction of sp³-hybridized carbons (Fsp3) is 0.750. The fourth-order valence-corrected chi connectivity index (χ4v) is 0.869. The van der Waals surface area contributed by atoms with E-state index in [9.17, 15) is 0 Å². The minimum Gasteiger partial charge on any atom is -0.330 e. The molecule has 9 heavy (non-hydrogen) atoms. The van der Waals surface area contributed by atoms with Crippen LogP contribution >= 0.6 is 0 Å². The first-order valence-corrected chi connectivity index (χ1v) is 3.67. The van der Waals surface area contributed by atoms with Gasteiger partial charge in [0.15, 0.2) is 0 Å². The molecule has 0 bridgehead atoms. The predicted octanol–water partition coefficient (Wildman–Crippen LogP) is 1.94. The molecule has 0 aliphatic rings. The Morgan fingerprint density at radius 3 is 2.67 bits per heavy atom. The molecule has 0 aromatic carbocycles. The minimum atomic E-state index is 0.688. The number of nitrogens with two attached hydrogens (primary N) is 1. The maximum Gasteiger partial charge on any atom is -0.00771 e. The summed E-state index contributed by atoms with van der Waals surface area (Å²) in [5, 5.41) is 0. The fourth-order valence-electron chi connectivity index (χ4n) is 0.869. The van der Waals surface area contributed by atoms with Crippen LogP contribution in [0.25, 0.3) is 0 Å². The standard InChI is InChI=1S/C8H17N/c1-3-8(4-2)6-5-7-9/h3,8H,1,4-7,9H2,2H3/t8-/m0/s1. The molecule has 0 aromatic rings. The molecule has 0 saturated heterocycles. The molecule has 0 spiro atoms. The van der Waals surface area contributed by atoms with Gasteiger partial charge in [0.05, 0.1) is 0 Å². The van der Waals surface area contributed by atoms with E-state index in [1.54, 1.807) is 0 Å². The lowest BCUT2D eigenvalue weighted by Gasteiger charge is -2.06. The van der Waals surface area contributed by atoms with Crippen LogP contribution < -0.4 is 5.73 Å². The molecule has 0 aromatic heterocycles. The van der Waals surface area contributed by atoms with Gasteiger partial charge in [-0.25, -0.2) is 0 Å². The summed E-state index contributed by atoms with van der Waals surface area (Å²) in [5.74, 6) is 0.688. The van der Waals surface area contributed by atoms with Crippen LogP contribution in [0.3, 0.4) is 0 Å². The van der Waals surface area contributed by atoms with Gasteiger partial charge < -0.3 is 5.73 Å². The second-order valence-corrected chi connectivity index (χ2v) is 2.33. The highest BCUT2D eigenvalue weighted by Crippen LogP contribution is 2.10. The Kier molecular flexibility index (Phi) is 5.64. The number of hydrogen-bond acceptors (Lipinski definition) is 1. The first-order chi connectivity index (χ1) is 4.35. The average molecular weight is 127 g/mol. The van der Waals surface area contributed by atoms with Gasteiger partial charge in [0.1, 0.15) is 0 Å². The van der Waals surface area contributed by atoms with Crippen LogP contribution in [0.15, 0.2) is 12.7 Å². The summed E-state index contributed by atoms with van der Waals surface area (Å²) in [4.78, 5) is 0. The molecule has 1 atom stereocenters. The maximum absolute atomic E-state index is 5.35. The molecular formula is C8H17N. The van der Waals surface area contributed by atoms with E-state index in [0.717, 1.165) is 13.0 Å². The van der Waals surface area contributed by atoms with Crippen molar-refractivity contribution in [3.05, 3.63) is 12.7 Å². The lowest BCUT2D eigenvalue weighted by atomic mass is 10.0. The van der Waals surface area contributed by atoms with Crippen molar-refractivity contribution in [2.24, 2.45) is 11.7 Å². The molecule has 0 rings (SSSR count). The number of hydrogen-bond donors (Lipinski definition) is 1. The molecule has 1 nitrogen and oxygen atoms in total. The van der Waals surface area contributed by atoms with Crippen molar-refractivity contribution in [1.82, 2.24) is 0 Å². The van der Waals surface area contributed by atoms with E-state index >= 15 is 0 Å². The summed E-state index contributed by atoms with van der Waals surface area (Å²) in [5.41, 5.74) is 5.35. The van der Waals surface area contributed by atoms with E-state index in [-0.39, 0.29) is 0 Å². The van der Waals surface area contributed by atoms with Crippen LogP contribution in [0.1, 0.15) is 26.2 Å². The van der Waals surface area contributed by atoms with Gasteiger partial charge in [-0.05, 0) is 31.7 Å². The van der Waals surface area contributed by atoms with Gasteiger partial charge in [0.25, 0.3) is 0 Å². The summed E-state index contributed by atoms with van der Waals surface area (Å²) < 4.78 is 0. The second kappa shape index (κ2) is 5.83. The van der Waals surface area contributed by atoms with Crippen LogP contribution in [-0.4, -0.2) is 6.54 Å². The van der Waals surface area contributed by atoms with Gasteiger partial charge in [-0.1, -0.05) is 13.0 Å². The van der Waals surface area contributed by atoms with E-state index in [1.165, 1.54) is 12.8 Å². The molecule has 0 radical (unpaired) electrons. The van der Waals surface area contributed by atoms with Crippen molar-refractivity contribution in [3.63, 3.8) is 0 Å². The summed E-state index contributed by atoms with van der Waals surface area (Å²) in [6.45, 7) is 6.74. The maximum atomic E-state index is 5.35. The normalized spacial score (nSPS) is 13.1. The molecule has 2 N–H and O–H groups in total. The molecule has 0 aliphatic carbocycles. The SMILES string of the molecule is C=C[C@@H](CC)CCCN. The van der Waals surface area contributed by atoms with Crippen molar-refractivity contribution < 1.29 is 0 Å². The van der Waals surface area contributed by atoms with Crippen molar-refractivity contribution >= 4 is 0 Å². The summed E-state index contributed by atoms with van der Waals surface area (Å²) in [6, 6.07) is 0. The van der Waals surface area contributed by atoms with Crippen molar-refractivity contribution in [1.29, 1.82) is 0 Å². The number of allylic oxidation sites excluding steroid dienone is 1. The van der Waals surface area contributed by atoms with Gasteiger partial charge in [0, 0.05) is 0 Å². The predicted molar refractivity (Wildman–Crippen MR) is 42.3 cm³/mol. The number of rotatable bonds is 5. The second-order valence-electron chi connectivity index (χ2n) is 2.33. The molecule has 0 aliphatic heterocycles. The average Bonchev–Trinajstić information content (AvgIpc) is 1.91. The van der Waals surface area contributed by atoms with Gasteiger partial charge in [-0.15, -0.1) is 6.58 Å². The zero-order chi connectivity index (χ0) is 7.11. The molecule has 0 saturated carbocycles. The van der Waals surface area contributed by atoms with Gasteiger partial charge in [-0.2, -0.15) is 0 Å². The van der Waals surface area contributed by atoms with Gasteiger partial charge in [0.2, 0.25) is 0 Å². The Bertz CT molecular complexity index is 69.0. The highest BCUT2D eigenvalue weighted by atomic mass is 14.5. The van der Waals surface area contributed by atoms with Crippen molar-refractivity contribution in [2.45, 2.75) is 26.2 Å². The third-order valence-corrected chi connectivity index (χ3v) is 1.64. The molecule has 1 heteroatoms. The van der Waals surface area contributed by atoms with Crippen LogP contribution in [0.2, 0.25) is 0 Å². The van der Waals surface area contributed by atoms with Crippen LogP contribution in [0.4, 0.5) is 0 Å². The Morgan fingerprint density at radius 1 is 1.67 bits per heavy atom. The molecule has 0 amide bonds. The van der Waals surface area contributed by atoms with E-state index < -0.39 is 0 Å². The zero-order valence-electron chi connectivity index (χ0n) is 6.27. The quantitative estimate of drug-likeness (QED) is 0.561. The van der Waals surface area contributed by atoms with Gasteiger partial charge in [-0.3, -0.25) is 0 Å². The largest absolute Gasteiger partial charge is 0.330 e. The summed E-state index contributed by atoms with van der Waals surface area (Å²) >= 11 is 0. The third kappa shape index (κ3) is 4.22. The van der Waals surface area contributed by atoms with E-state index in [2.05, 4.69) is 13.5 Å². The topological polar surface area (TPSA) is 26.0 Å². The monoisotopic (exact) mass is 127 g/mol. The highest BCUT2D eigenvalue weighted by Gasteiger charge is 1.97. The molecule has 0 unspecified atom stereocenters. The van der Waals surface area contributed by atoms with E-state index in [0.29, 0.717) is 5.92 Å². The molecule has 54 valence electrons. The highest BCUT2D eigenvalue weighted by molar-refractivity contribution is 4.77. The first kappa shape index (κ1) is 8.70. The van der Waals surface area contributed by atoms with Crippen LogP contribution in [0.5, 0.6) is 0 Å².